The minimum Gasteiger partial charge on any atom is -0.380 e. The van der Waals surface area contributed by atoms with Gasteiger partial charge in [0.15, 0.2) is 0 Å². The number of hydrogen-bond donors (Lipinski definition) is 0. The van der Waals surface area contributed by atoms with Crippen LogP contribution in [0.1, 0.15) is 6.42 Å². The molecule has 1 saturated heterocycles. The molecule has 0 aromatic heterocycles. The van der Waals surface area contributed by atoms with E-state index in [1.54, 1.807) is 0 Å². The highest BCUT2D eigenvalue weighted by atomic mass is 79.9. The third-order valence-corrected chi connectivity index (χ3v) is 1.96. The Morgan fingerprint density at radius 3 is 3.00 bits per heavy atom. The van der Waals surface area contributed by atoms with Gasteiger partial charge in [-0.05, 0) is 6.42 Å². The van der Waals surface area contributed by atoms with Gasteiger partial charge < -0.3 is 4.74 Å². The average molecular weight is 220 g/mol. The zero-order chi connectivity index (χ0) is 8.10. The van der Waals surface area contributed by atoms with E-state index >= 15 is 0 Å². The third kappa shape index (κ3) is 3.89. The van der Waals surface area contributed by atoms with Crippen LogP contribution in [0.25, 0.3) is 0 Å². The van der Waals surface area contributed by atoms with Crippen LogP contribution in [0.5, 0.6) is 0 Å². The van der Waals surface area contributed by atoms with Gasteiger partial charge in [0.1, 0.15) is 0 Å². The van der Waals surface area contributed by atoms with Crippen molar-refractivity contribution in [3.05, 3.63) is 11.1 Å². The van der Waals surface area contributed by atoms with Gasteiger partial charge in [0, 0.05) is 30.7 Å². The van der Waals surface area contributed by atoms with Crippen molar-refractivity contribution in [3.63, 3.8) is 0 Å². The molecule has 0 bridgehead atoms. The van der Waals surface area contributed by atoms with Crippen LogP contribution in [0, 0.1) is 0 Å². The molecule has 0 aromatic carbocycles. The molecule has 0 saturated carbocycles. The van der Waals surface area contributed by atoms with Gasteiger partial charge in [0.2, 0.25) is 0 Å². The van der Waals surface area contributed by atoms with Gasteiger partial charge in [-0.1, -0.05) is 22.5 Å². The highest BCUT2D eigenvalue weighted by Crippen LogP contribution is 2.06. The maximum Gasteiger partial charge on any atom is 0.0593 e. The minimum absolute atomic E-state index is 0.861. The Labute approximate surface area is 76.3 Å². The van der Waals surface area contributed by atoms with Crippen LogP contribution in [0.15, 0.2) is 11.1 Å². The van der Waals surface area contributed by atoms with Crippen molar-refractivity contribution in [2.75, 3.05) is 32.8 Å². The van der Waals surface area contributed by atoms with E-state index in [4.69, 9.17) is 4.74 Å². The van der Waals surface area contributed by atoms with Gasteiger partial charge in [-0.15, -0.1) is 0 Å². The Morgan fingerprint density at radius 1 is 1.45 bits per heavy atom. The second-order valence-electron chi connectivity index (χ2n) is 2.76. The lowest BCUT2D eigenvalue weighted by Crippen LogP contribution is -2.27. The number of hydrogen-bond acceptors (Lipinski definition) is 2. The largest absolute Gasteiger partial charge is 0.380 e. The van der Waals surface area contributed by atoms with Gasteiger partial charge in [-0.3, -0.25) is 4.90 Å². The lowest BCUT2D eigenvalue weighted by molar-refractivity contribution is 0.143. The van der Waals surface area contributed by atoms with Crippen molar-refractivity contribution >= 4 is 15.9 Å². The van der Waals surface area contributed by atoms with Gasteiger partial charge in [-0.25, -0.2) is 0 Å². The Bertz CT molecular complexity index is 130. The van der Waals surface area contributed by atoms with Crippen molar-refractivity contribution in [3.8, 4) is 0 Å². The highest BCUT2D eigenvalue weighted by Gasteiger charge is 2.08. The van der Waals surface area contributed by atoms with E-state index in [0.29, 0.717) is 0 Å². The number of nitrogens with zero attached hydrogens (tertiary/aromatic N) is 1. The zero-order valence-electron chi connectivity index (χ0n) is 6.68. The van der Waals surface area contributed by atoms with Crippen molar-refractivity contribution in [2.45, 2.75) is 6.42 Å². The Hall–Kier alpha value is 0.140. The van der Waals surface area contributed by atoms with Crippen LogP contribution in [0.2, 0.25) is 0 Å². The number of halogens is 1. The van der Waals surface area contributed by atoms with Crippen molar-refractivity contribution in [1.82, 2.24) is 4.90 Å². The molecule has 0 spiro atoms. The molecule has 64 valence electrons. The van der Waals surface area contributed by atoms with E-state index in [1.807, 2.05) is 0 Å². The molecule has 0 unspecified atom stereocenters. The summed E-state index contributed by atoms with van der Waals surface area (Å²) >= 11 is 3.36. The molecule has 0 atom stereocenters. The summed E-state index contributed by atoms with van der Waals surface area (Å²) in [6.07, 6.45) is 1.14. The maximum atomic E-state index is 5.32. The van der Waals surface area contributed by atoms with Gasteiger partial charge in [-0.2, -0.15) is 0 Å². The minimum atomic E-state index is 0.861. The predicted molar refractivity (Wildman–Crippen MR) is 49.9 cm³/mol. The van der Waals surface area contributed by atoms with Crippen molar-refractivity contribution in [1.29, 1.82) is 0 Å². The van der Waals surface area contributed by atoms with Crippen molar-refractivity contribution in [2.24, 2.45) is 0 Å². The summed E-state index contributed by atoms with van der Waals surface area (Å²) in [7, 11) is 0. The predicted octanol–water partition coefficient (Wildman–Crippen LogP) is 1.62. The van der Waals surface area contributed by atoms with Crippen molar-refractivity contribution < 1.29 is 4.74 Å². The van der Waals surface area contributed by atoms with Gasteiger partial charge in [0.25, 0.3) is 0 Å². The molecule has 0 N–H and O–H groups in total. The lowest BCUT2D eigenvalue weighted by atomic mass is 10.4. The van der Waals surface area contributed by atoms with Crippen LogP contribution in [-0.4, -0.2) is 37.7 Å². The molecule has 2 nitrogen and oxygen atoms in total. The van der Waals surface area contributed by atoms with E-state index in [1.165, 1.54) is 0 Å². The first-order valence-corrected chi connectivity index (χ1v) is 4.72. The first-order chi connectivity index (χ1) is 5.29. The monoisotopic (exact) mass is 219 g/mol. The van der Waals surface area contributed by atoms with Crippen LogP contribution < -0.4 is 0 Å². The fraction of sp³-hybridized carbons (Fsp3) is 0.750. The second-order valence-corrected chi connectivity index (χ2v) is 3.88. The maximum absolute atomic E-state index is 5.32. The van der Waals surface area contributed by atoms with Crippen LogP contribution in [-0.2, 0) is 4.74 Å². The van der Waals surface area contributed by atoms with Gasteiger partial charge in [0.05, 0.1) is 6.61 Å². The molecule has 0 aliphatic carbocycles. The van der Waals surface area contributed by atoms with E-state index < -0.39 is 0 Å². The fourth-order valence-electron chi connectivity index (χ4n) is 1.20. The molecule has 1 heterocycles. The molecule has 1 rings (SSSR count). The summed E-state index contributed by atoms with van der Waals surface area (Å²) in [6, 6.07) is 0. The number of ether oxygens (including phenoxy) is 1. The van der Waals surface area contributed by atoms with E-state index in [9.17, 15) is 0 Å². The molecule has 0 radical (unpaired) electrons. The molecule has 1 aliphatic rings. The topological polar surface area (TPSA) is 12.5 Å². The average Bonchev–Trinajstić information content (AvgIpc) is 2.14. The summed E-state index contributed by atoms with van der Waals surface area (Å²) < 4.78 is 6.37. The van der Waals surface area contributed by atoms with E-state index in [0.717, 1.165) is 43.8 Å². The quantitative estimate of drug-likeness (QED) is 0.701. The van der Waals surface area contributed by atoms with Crippen LogP contribution in [0.3, 0.4) is 0 Å². The summed E-state index contributed by atoms with van der Waals surface area (Å²) in [5, 5.41) is 0. The summed E-state index contributed by atoms with van der Waals surface area (Å²) in [5.41, 5.74) is 0. The summed E-state index contributed by atoms with van der Waals surface area (Å²) in [4.78, 5) is 2.35. The Balaban J connectivity index is 2.25. The SMILES string of the molecule is C=C(Br)CN1CCCOCC1. The lowest BCUT2D eigenvalue weighted by Gasteiger charge is -2.17. The molecule has 0 amide bonds. The molecule has 1 aliphatic heterocycles. The molecule has 3 heteroatoms. The Kier molecular flexibility index (Phi) is 4.12. The smallest absolute Gasteiger partial charge is 0.0593 e. The van der Waals surface area contributed by atoms with Crippen LogP contribution in [0.4, 0.5) is 0 Å². The Morgan fingerprint density at radius 2 is 2.27 bits per heavy atom. The van der Waals surface area contributed by atoms with Gasteiger partial charge >= 0.3 is 0 Å². The molecular formula is C8H14BrNO. The fourth-order valence-corrected chi connectivity index (χ4v) is 1.55. The van der Waals surface area contributed by atoms with E-state index in [2.05, 4.69) is 27.4 Å². The molecular weight excluding hydrogens is 206 g/mol. The third-order valence-electron chi connectivity index (χ3n) is 1.71. The van der Waals surface area contributed by atoms with Crippen LogP contribution >= 0.6 is 15.9 Å². The molecule has 0 aromatic rings. The summed E-state index contributed by atoms with van der Waals surface area (Å²) in [5.74, 6) is 0. The second kappa shape index (κ2) is 4.91. The zero-order valence-corrected chi connectivity index (χ0v) is 8.27. The highest BCUT2D eigenvalue weighted by molar-refractivity contribution is 9.11. The molecule has 1 fully saturated rings. The number of rotatable bonds is 2. The van der Waals surface area contributed by atoms with E-state index in [-0.39, 0.29) is 0 Å². The standard InChI is InChI=1S/C8H14BrNO/c1-8(9)7-10-3-2-5-11-6-4-10/h1-7H2. The molecule has 11 heavy (non-hydrogen) atoms. The first kappa shape index (κ1) is 9.23. The first-order valence-electron chi connectivity index (χ1n) is 3.92. The summed E-state index contributed by atoms with van der Waals surface area (Å²) in [6.45, 7) is 8.69. The normalized spacial score (nSPS) is 21.2.